The van der Waals surface area contributed by atoms with E-state index in [2.05, 4.69) is 34.6 Å². The predicted molar refractivity (Wildman–Crippen MR) is 185 cm³/mol. The molecule has 280 valence electrons. The standard InChI is InChI=1S/C41H63NO8/c1-23-18-25(35-37(4,5)50-30(44)21-47-35)48-33-32(23)38(6)14-15-41-22-40(41)13-12-28(36(2,3)26(40)10-11-27(41)39(38,7)34(33)45)49-31-20-42(16-17-46-31)29(43)19-24-8-9-24/h23-28,31-35,45H,8-22H2,1-7H3. The van der Waals surface area contributed by atoms with Crippen LogP contribution in [0.5, 0.6) is 0 Å². The van der Waals surface area contributed by atoms with E-state index < -0.39 is 11.7 Å². The molecule has 9 nitrogen and oxygen atoms in total. The Morgan fingerprint density at radius 1 is 0.960 bits per heavy atom. The molecule has 9 heteroatoms. The summed E-state index contributed by atoms with van der Waals surface area (Å²) in [5.74, 6) is 2.21. The molecule has 14 unspecified atom stereocenters. The number of amides is 1. The maximum absolute atomic E-state index is 12.9. The molecule has 3 aliphatic heterocycles. The normalized spacial score (nSPS) is 53.2. The number of hydrogen-bond acceptors (Lipinski definition) is 8. The van der Waals surface area contributed by atoms with E-state index in [1.54, 1.807) is 0 Å². The van der Waals surface area contributed by atoms with Gasteiger partial charge in [0.05, 0.1) is 37.6 Å². The lowest BCUT2D eigenvalue weighted by Crippen LogP contribution is -2.60. The minimum atomic E-state index is -0.773. The zero-order chi connectivity index (χ0) is 35.2. The third kappa shape index (κ3) is 4.60. The molecule has 9 fully saturated rings. The third-order valence-electron chi connectivity index (χ3n) is 17.4. The van der Waals surface area contributed by atoms with E-state index in [1.165, 1.54) is 38.5 Å². The Labute approximate surface area is 299 Å². The molecule has 3 heterocycles. The minimum absolute atomic E-state index is 0.00140. The molecule has 3 saturated heterocycles. The minimum Gasteiger partial charge on any atom is -0.455 e. The van der Waals surface area contributed by atoms with Gasteiger partial charge in [-0.15, -0.1) is 0 Å². The highest BCUT2D eigenvalue weighted by atomic mass is 16.7. The molecule has 1 N–H and O–H groups in total. The van der Waals surface area contributed by atoms with Gasteiger partial charge in [-0.3, -0.25) is 4.79 Å². The number of esters is 1. The Kier molecular flexibility index (Phi) is 7.69. The lowest BCUT2D eigenvalue weighted by atomic mass is 9.41. The van der Waals surface area contributed by atoms with Crippen molar-refractivity contribution in [2.45, 2.75) is 162 Å². The van der Waals surface area contributed by atoms with Crippen LogP contribution in [0.2, 0.25) is 0 Å². The number of aliphatic hydroxyl groups is 1. The summed E-state index contributed by atoms with van der Waals surface area (Å²) in [5.41, 5.74) is -0.459. The Morgan fingerprint density at radius 2 is 1.70 bits per heavy atom. The third-order valence-corrected chi connectivity index (χ3v) is 17.4. The van der Waals surface area contributed by atoms with Crippen LogP contribution >= 0.6 is 0 Å². The summed E-state index contributed by atoms with van der Waals surface area (Å²) in [5, 5.41) is 12.6. The van der Waals surface area contributed by atoms with Gasteiger partial charge in [-0.2, -0.15) is 0 Å². The lowest BCUT2D eigenvalue weighted by molar-refractivity contribution is -0.248. The quantitative estimate of drug-likeness (QED) is 0.355. The Bertz CT molecular complexity index is 1410. The highest BCUT2D eigenvalue weighted by Crippen LogP contribution is 2.89. The van der Waals surface area contributed by atoms with Crippen LogP contribution in [0.1, 0.15) is 119 Å². The van der Waals surface area contributed by atoms with E-state index in [0.717, 1.165) is 25.7 Å². The van der Waals surface area contributed by atoms with Crippen molar-refractivity contribution >= 4 is 11.9 Å². The van der Waals surface area contributed by atoms with Gasteiger partial charge in [0.1, 0.15) is 18.3 Å². The van der Waals surface area contributed by atoms with Crippen LogP contribution in [0.4, 0.5) is 0 Å². The Morgan fingerprint density at radius 3 is 2.44 bits per heavy atom. The van der Waals surface area contributed by atoms with Gasteiger partial charge in [-0.25, -0.2) is 4.79 Å². The first-order chi connectivity index (χ1) is 23.6. The summed E-state index contributed by atoms with van der Waals surface area (Å²) in [6, 6.07) is 0. The Balaban J connectivity index is 0.931. The topological polar surface area (TPSA) is 104 Å². The van der Waals surface area contributed by atoms with Crippen molar-refractivity contribution in [3.05, 3.63) is 0 Å². The predicted octanol–water partition coefficient (Wildman–Crippen LogP) is 5.89. The molecule has 14 atom stereocenters. The van der Waals surface area contributed by atoms with Crippen molar-refractivity contribution in [2.75, 3.05) is 26.3 Å². The number of carbonyl (C=O) groups is 2. The van der Waals surface area contributed by atoms with Gasteiger partial charge < -0.3 is 33.7 Å². The van der Waals surface area contributed by atoms with Gasteiger partial charge in [0, 0.05) is 18.4 Å². The van der Waals surface area contributed by atoms with Crippen molar-refractivity contribution in [1.82, 2.24) is 4.90 Å². The summed E-state index contributed by atoms with van der Waals surface area (Å²) in [4.78, 5) is 27.0. The van der Waals surface area contributed by atoms with Crippen molar-refractivity contribution in [1.29, 1.82) is 0 Å². The summed E-state index contributed by atoms with van der Waals surface area (Å²) in [6.45, 7) is 17.8. The fraction of sp³-hybridized carbons (Fsp3) is 0.951. The second kappa shape index (κ2) is 11.1. The number of ether oxygens (including phenoxy) is 5. The number of fused-ring (bicyclic) bond motifs is 4. The number of morpholine rings is 1. The van der Waals surface area contributed by atoms with Crippen LogP contribution in [0, 0.1) is 56.7 Å². The van der Waals surface area contributed by atoms with Crippen LogP contribution in [0.25, 0.3) is 0 Å². The largest absolute Gasteiger partial charge is 0.455 e. The number of aliphatic hydroxyl groups excluding tert-OH is 1. The molecule has 2 spiro atoms. The van der Waals surface area contributed by atoms with Gasteiger partial charge in [0.2, 0.25) is 5.91 Å². The zero-order valence-corrected chi connectivity index (χ0v) is 31.7. The maximum Gasteiger partial charge on any atom is 0.332 e. The molecular formula is C41H63NO8. The summed E-state index contributed by atoms with van der Waals surface area (Å²) < 4.78 is 31.9. The smallest absolute Gasteiger partial charge is 0.332 e. The Hall–Kier alpha value is -1.26. The first-order valence-corrected chi connectivity index (χ1v) is 20.3. The number of rotatable bonds is 5. The molecule has 0 aromatic rings. The first-order valence-electron chi connectivity index (χ1n) is 20.3. The second-order valence-electron chi connectivity index (χ2n) is 20.3. The molecule has 50 heavy (non-hydrogen) atoms. The lowest BCUT2D eigenvalue weighted by Gasteiger charge is -2.64. The van der Waals surface area contributed by atoms with Crippen LogP contribution in [0.15, 0.2) is 0 Å². The average Bonchev–Trinajstić information content (AvgIpc) is 3.97. The van der Waals surface area contributed by atoms with Crippen LogP contribution in [-0.2, 0) is 33.3 Å². The van der Waals surface area contributed by atoms with E-state index in [9.17, 15) is 14.7 Å². The molecule has 9 rings (SSSR count). The molecule has 0 aromatic carbocycles. The number of carbonyl (C=O) groups excluding carboxylic acids is 2. The number of hydrogen-bond donors (Lipinski definition) is 1. The zero-order valence-electron chi connectivity index (χ0n) is 31.7. The van der Waals surface area contributed by atoms with Crippen molar-refractivity contribution in [3.8, 4) is 0 Å². The summed E-state index contributed by atoms with van der Waals surface area (Å²) in [6.07, 6.45) is 10.5. The average molecular weight is 698 g/mol. The van der Waals surface area contributed by atoms with Crippen molar-refractivity contribution < 1.29 is 38.4 Å². The fourth-order valence-electron chi connectivity index (χ4n) is 14.9. The molecule has 6 aliphatic carbocycles. The molecule has 1 amide bonds. The highest BCUT2D eigenvalue weighted by molar-refractivity contribution is 5.76. The van der Waals surface area contributed by atoms with Crippen molar-refractivity contribution in [2.24, 2.45) is 56.7 Å². The van der Waals surface area contributed by atoms with Crippen molar-refractivity contribution in [3.63, 3.8) is 0 Å². The number of nitrogens with zero attached hydrogens (tertiary/aromatic N) is 1. The second-order valence-corrected chi connectivity index (χ2v) is 20.3. The SMILES string of the molecule is CC1CC(C2OCC(=O)OC2(C)C)OC2C1C1(C)CCC34CC35CCC(OC3CN(C(=O)CC6CC6)CCO3)C(C)(C)C5CCC4C1(C)C2O. The molecule has 0 aromatic heterocycles. The van der Waals surface area contributed by atoms with E-state index in [4.69, 9.17) is 23.7 Å². The summed E-state index contributed by atoms with van der Waals surface area (Å²) >= 11 is 0. The maximum atomic E-state index is 12.9. The molecule has 9 aliphatic rings. The number of cyclic esters (lactones) is 1. The molecule has 6 saturated carbocycles. The van der Waals surface area contributed by atoms with E-state index in [0.29, 0.717) is 55.2 Å². The van der Waals surface area contributed by atoms with Crippen LogP contribution in [0.3, 0.4) is 0 Å². The highest BCUT2D eigenvalue weighted by Gasteiger charge is 2.84. The first kappa shape index (κ1) is 34.5. The molecular weight excluding hydrogens is 634 g/mol. The monoisotopic (exact) mass is 697 g/mol. The van der Waals surface area contributed by atoms with E-state index >= 15 is 0 Å². The molecule has 0 bridgehead atoms. The summed E-state index contributed by atoms with van der Waals surface area (Å²) in [7, 11) is 0. The van der Waals surface area contributed by atoms with Crippen LogP contribution in [-0.4, -0.2) is 90.6 Å². The fourth-order valence-corrected chi connectivity index (χ4v) is 14.9. The molecule has 0 radical (unpaired) electrons. The van der Waals surface area contributed by atoms with E-state index in [-0.39, 0.29) is 76.8 Å². The van der Waals surface area contributed by atoms with Crippen LogP contribution < -0.4 is 0 Å². The van der Waals surface area contributed by atoms with E-state index in [1.807, 2.05) is 18.7 Å². The van der Waals surface area contributed by atoms with Gasteiger partial charge in [-0.1, -0.05) is 34.6 Å². The van der Waals surface area contributed by atoms with Gasteiger partial charge >= 0.3 is 5.97 Å². The van der Waals surface area contributed by atoms with Gasteiger partial charge in [0.15, 0.2) is 6.29 Å². The van der Waals surface area contributed by atoms with Gasteiger partial charge in [-0.05, 0) is 129 Å². The van der Waals surface area contributed by atoms with Gasteiger partial charge in [0.25, 0.3) is 0 Å².